The number of hydrogen-bond acceptors (Lipinski definition) is 4. The van der Waals surface area contributed by atoms with Crippen molar-refractivity contribution in [1.29, 1.82) is 0 Å². The Balaban J connectivity index is 2.11. The predicted octanol–water partition coefficient (Wildman–Crippen LogP) is 1.76. The highest BCUT2D eigenvalue weighted by atomic mass is 19.4. The van der Waals surface area contributed by atoms with Crippen LogP contribution in [0.5, 0.6) is 0 Å². The van der Waals surface area contributed by atoms with Gasteiger partial charge in [0.05, 0.1) is 17.9 Å². The van der Waals surface area contributed by atoms with Gasteiger partial charge in [-0.3, -0.25) is 4.79 Å². The Bertz CT molecular complexity index is 597. The highest BCUT2D eigenvalue weighted by Gasteiger charge is 2.40. The summed E-state index contributed by atoms with van der Waals surface area (Å²) in [5, 5.41) is 12.5. The van der Waals surface area contributed by atoms with Crippen LogP contribution in [0.25, 0.3) is 0 Å². The summed E-state index contributed by atoms with van der Waals surface area (Å²) >= 11 is 0. The van der Waals surface area contributed by atoms with Gasteiger partial charge in [-0.15, -0.1) is 0 Å². The van der Waals surface area contributed by atoms with E-state index in [9.17, 15) is 23.1 Å². The average Bonchev–Trinajstić information content (AvgIpc) is 2.86. The molecule has 0 aromatic carbocycles. The maximum absolute atomic E-state index is 13.1. The molecule has 24 heavy (non-hydrogen) atoms. The predicted molar refractivity (Wildman–Crippen MR) is 79.6 cm³/mol. The first-order valence-corrected chi connectivity index (χ1v) is 7.82. The minimum absolute atomic E-state index is 0.0982. The number of halogens is 3. The Labute approximate surface area is 138 Å². The van der Waals surface area contributed by atoms with Crippen molar-refractivity contribution in [3.8, 4) is 0 Å². The Hall–Kier alpha value is -1.61. The van der Waals surface area contributed by atoms with Crippen molar-refractivity contribution < 1.29 is 27.8 Å². The molecular weight excluding hydrogens is 327 g/mol. The van der Waals surface area contributed by atoms with E-state index in [4.69, 9.17) is 4.74 Å². The van der Waals surface area contributed by atoms with Crippen LogP contribution in [0.3, 0.4) is 0 Å². The molecule has 2 N–H and O–H groups in total. The van der Waals surface area contributed by atoms with Gasteiger partial charge in [0.2, 0.25) is 5.82 Å². The number of imidazole rings is 1. The number of hydrogen-bond donors (Lipinski definition) is 2. The van der Waals surface area contributed by atoms with Crippen LogP contribution in [0.4, 0.5) is 13.2 Å². The van der Waals surface area contributed by atoms with Crippen molar-refractivity contribution in [3.05, 3.63) is 17.2 Å². The minimum atomic E-state index is -4.59. The van der Waals surface area contributed by atoms with Crippen LogP contribution in [0.15, 0.2) is 0 Å². The molecule has 0 radical (unpaired) electrons. The van der Waals surface area contributed by atoms with Crippen LogP contribution in [-0.4, -0.2) is 46.4 Å². The molecule has 0 bridgehead atoms. The Morgan fingerprint density at radius 2 is 2.12 bits per heavy atom. The molecule has 0 saturated carbocycles. The van der Waals surface area contributed by atoms with Gasteiger partial charge in [-0.25, -0.2) is 4.98 Å². The van der Waals surface area contributed by atoms with Crippen molar-refractivity contribution in [3.63, 3.8) is 0 Å². The van der Waals surface area contributed by atoms with Crippen LogP contribution in [0, 0.1) is 0 Å². The molecule has 2 heterocycles. The molecule has 1 amide bonds. The van der Waals surface area contributed by atoms with E-state index in [1.807, 2.05) is 0 Å². The molecule has 1 aromatic heterocycles. The zero-order chi connectivity index (χ0) is 18.0. The van der Waals surface area contributed by atoms with E-state index >= 15 is 0 Å². The molecule has 0 aliphatic carbocycles. The summed E-state index contributed by atoms with van der Waals surface area (Å²) in [4.78, 5) is 15.8. The smallest absolute Gasteiger partial charge is 0.388 e. The topological polar surface area (TPSA) is 76.4 Å². The van der Waals surface area contributed by atoms with Crippen LogP contribution < -0.4 is 5.32 Å². The fraction of sp³-hybridized carbons (Fsp3) is 0.733. The summed E-state index contributed by atoms with van der Waals surface area (Å²) in [6.45, 7) is 1.99. The number of nitrogens with one attached hydrogen (secondary N) is 1. The number of fused-ring (bicyclic) bond motifs is 1. The maximum Gasteiger partial charge on any atom is 0.449 e. The third-order valence-corrected chi connectivity index (χ3v) is 3.99. The molecule has 1 aromatic rings. The van der Waals surface area contributed by atoms with Crippen LogP contribution >= 0.6 is 0 Å². The molecule has 0 fully saturated rings. The highest BCUT2D eigenvalue weighted by molar-refractivity contribution is 5.93. The molecule has 136 valence electrons. The lowest BCUT2D eigenvalue weighted by atomic mass is 10.0. The first-order valence-electron chi connectivity index (χ1n) is 7.82. The lowest BCUT2D eigenvalue weighted by molar-refractivity contribution is -0.147. The summed E-state index contributed by atoms with van der Waals surface area (Å²) in [7, 11) is 1.45. The third kappa shape index (κ3) is 4.27. The van der Waals surface area contributed by atoms with E-state index < -0.39 is 23.5 Å². The number of aliphatic hydroxyl groups is 1. The Morgan fingerprint density at radius 1 is 1.42 bits per heavy atom. The third-order valence-electron chi connectivity index (χ3n) is 3.99. The van der Waals surface area contributed by atoms with E-state index in [0.717, 1.165) is 11.0 Å². The number of methoxy groups -OCH3 is 1. The number of amides is 1. The standard InChI is InChI=1S/C15H22F3N3O3/c1-14(23,9-24-2)6-7-19-12(22)11-10-5-3-4-8-21(10)13(20-11)15(16,17)18/h23H,3-9H2,1-2H3,(H,19,22). The van der Waals surface area contributed by atoms with Crippen LogP contribution in [-0.2, 0) is 23.9 Å². The lowest BCUT2D eigenvalue weighted by Crippen LogP contribution is -2.36. The zero-order valence-electron chi connectivity index (χ0n) is 13.7. The highest BCUT2D eigenvalue weighted by Crippen LogP contribution is 2.32. The number of rotatable bonds is 6. The van der Waals surface area contributed by atoms with Crippen molar-refractivity contribution in [2.45, 2.75) is 50.9 Å². The van der Waals surface area contributed by atoms with Crippen LogP contribution in [0.1, 0.15) is 48.2 Å². The number of nitrogens with zero attached hydrogens (tertiary/aromatic N) is 2. The molecule has 2 rings (SSSR count). The summed E-state index contributed by atoms with van der Waals surface area (Å²) in [5.41, 5.74) is -0.963. The van der Waals surface area contributed by atoms with Crippen molar-refractivity contribution in [2.24, 2.45) is 0 Å². The normalized spacial score (nSPS) is 17.2. The minimum Gasteiger partial charge on any atom is -0.388 e. The van der Waals surface area contributed by atoms with E-state index in [1.54, 1.807) is 6.92 Å². The van der Waals surface area contributed by atoms with Gasteiger partial charge in [-0.1, -0.05) is 0 Å². The van der Waals surface area contributed by atoms with E-state index in [1.165, 1.54) is 7.11 Å². The first-order chi connectivity index (χ1) is 11.2. The average molecular weight is 349 g/mol. The van der Waals surface area contributed by atoms with Crippen LogP contribution in [0.2, 0.25) is 0 Å². The quantitative estimate of drug-likeness (QED) is 0.820. The van der Waals surface area contributed by atoms with Gasteiger partial charge in [-0.05, 0) is 32.6 Å². The molecule has 9 heteroatoms. The fourth-order valence-corrected chi connectivity index (χ4v) is 2.85. The summed E-state index contributed by atoms with van der Waals surface area (Å²) in [6, 6.07) is 0. The second-order valence-electron chi connectivity index (χ2n) is 6.27. The van der Waals surface area contributed by atoms with Gasteiger partial charge in [0.1, 0.15) is 5.69 Å². The van der Waals surface area contributed by atoms with E-state index in [0.29, 0.717) is 18.5 Å². The SMILES string of the molecule is COCC(C)(O)CCNC(=O)c1nc(C(F)(F)F)n2c1CCCC2. The number of carbonyl (C=O) groups is 1. The summed E-state index contributed by atoms with van der Waals surface area (Å²) in [6.07, 6.45) is -2.62. The molecule has 1 aliphatic heterocycles. The molecule has 1 atom stereocenters. The first kappa shape index (κ1) is 18.7. The maximum atomic E-state index is 13.1. The number of ether oxygens (including phenoxy) is 1. The molecule has 0 saturated heterocycles. The van der Waals surface area contributed by atoms with E-state index in [-0.39, 0.29) is 31.8 Å². The molecular formula is C15H22F3N3O3. The molecule has 1 aliphatic rings. The van der Waals surface area contributed by atoms with Gasteiger partial charge in [0.15, 0.2) is 0 Å². The number of carbonyl (C=O) groups excluding carboxylic acids is 1. The van der Waals surface area contributed by atoms with Gasteiger partial charge in [0, 0.05) is 20.2 Å². The fourth-order valence-electron chi connectivity index (χ4n) is 2.85. The van der Waals surface area contributed by atoms with Crippen molar-refractivity contribution in [1.82, 2.24) is 14.9 Å². The second-order valence-corrected chi connectivity index (χ2v) is 6.27. The largest absolute Gasteiger partial charge is 0.449 e. The summed E-state index contributed by atoms with van der Waals surface area (Å²) in [5.74, 6) is -1.67. The zero-order valence-corrected chi connectivity index (χ0v) is 13.7. The van der Waals surface area contributed by atoms with E-state index in [2.05, 4.69) is 10.3 Å². The summed E-state index contributed by atoms with van der Waals surface area (Å²) < 4.78 is 45.2. The second kappa shape index (κ2) is 7.10. The monoisotopic (exact) mass is 349 g/mol. The molecule has 0 spiro atoms. The Kier molecular flexibility index (Phi) is 5.54. The Morgan fingerprint density at radius 3 is 2.75 bits per heavy atom. The number of aromatic nitrogens is 2. The van der Waals surface area contributed by atoms with Crippen molar-refractivity contribution >= 4 is 5.91 Å². The van der Waals surface area contributed by atoms with Gasteiger partial charge < -0.3 is 19.7 Å². The molecule has 1 unspecified atom stereocenters. The van der Waals surface area contributed by atoms with Gasteiger partial charge in [-0.2, -0.15) is 13.2 Å². The van der Waals surface area contributed by atoms with Gasteiger partial charge >= 0.3 is 6.18 Å². The number of alkyl halides is 3. The van der Waals surface area contributed by atoms with Crippen molar-refractivity contribution in [2.75, 3.05) is 20.3 Å². The van der Waals surface area contributed by atoms with Gasteiger partial charge in [0.25, 0.3) is 5.91 Å². The molecule has 6 nitrogen and oxygen atoms in total. The lowest BCUT2D eigenvalue weighted by Gasteiger charge is -2.22.